The average molecular weight is 521 g/mol. The van der Waals surface area contributed by atoms with Gasteiger partial charge in [0.25, 0.3) is 5.91 Å². The third-order valence-electron chi connectivity index (χ3n) is 6.25. The molecule has 1 aromatic heterocycles. The molecule has 0 fully saturated rings. The number of hydrogen-bond donors (Lipinski definition) is 2. The first kappa shape index (κ1) is 28.8. The molecule has 204 valence electrons. The zero-order chi connectivity index (χ0) is 27.7. The highest BCUT2D eigenvalue weighted by Crippen LogP contribution is 2.37. The van der Waals surface area contributed by atoms with Crippen LogP contribution in [-0.4, -0.2) is 53.7 Å². The fourth-order valence-corrected chi connectivity index (χ4v) is 4.56. The molecule has 0 saturated heterocycles. The van der Waals surface area contributed by atoms with Crippen LogP contribution in [0.1, 0.15) is 56.6 Å². The number of carbonyl (C=O) groups excluding carboxylic acids is 2. The first-order chi connectivity index (χ1) is 18.2. The predicted octanol–water partition coefficient (Wildman–Crippen LogP) is 5.31. The minimum absolute atomic E-state index is 0.0786. The van der Waals surface area contributed by atoms with E-state index in [0.717, 1.165) is 5.56 Å². The normalized spacial score (nSPS) is 11.9. The van der Waals surface area contributed by atoms with Crippen molar-refractivity contribution in [2.45, 2.75) is 53.1 Å². The van der Waals surface area contributed by atoms with Crippen molar-refractivity contribution in [1.82, 2.24) is 20.4 Å². The summed E-state index contributed by atoms with van der Waals surface area (Å²) in [6.07, 6.45) is 0.934. The number of rotatable bonds is 13. The smallest absolute Gasteiger partial charge is 0.272 e. The molecule has 1 atom stereocenters. The second kappa shape index (κ2) is 13.7. The summed E-state index contributed by atoms with van der Waals surface area (Å²) < 4.78 is 11.0. The summed E-state index contributed by atoms with van der Waals surface area (Å²) in [5, 5.41) is 10.4. The molecule has 8 heteroatoms. The monoisotopic (exact) mass is 520 g/mol. The first-order valence-electron chi connectivity index (χ1n) is 13.1. The zero-order valence-corrected chi connectivity index (χ0v) is 23.3. The van der Waals surface area contributed by atoms with E-state index in [1.54, 1.807) is 20.3 Å². The molecule has 0 bridgehead atoms. The number of amides is 2. The average Bonchev–Trinajstić information content (AvgIpc) is 3.39. The van der Waals surface area contributed by atoms with Crippen LogP contribution in [0.15, 0.2) is 54.6 Å². The van der Waals surface area contributed by atoms with Crippen molar-refractivity contribution >= 4 is 11.8 Å². The van der Waals surface area contributed by atoms with E-state index in [1.807, 2.05) is 53.4 Å². The number of aromatic amines is 1. The summed E-state index contributed by atoms with van der Waals surface area (Å²) in [6.45, 7) is 9.33. The van der Waals surface area contributed by atoms with Gasteiger partial charge in [-0.1, -0.05) is 64.1 Å². The predicted molar refractivity (Wildman–Crippen MR) is 149 cm³/mol. The Morgan fingerprint density at radius 2 is 1.61 bits per heavy atom. The molecular formula is C30H40N4O4. The zero-order valence-electron chi connectivity index (χ0n) is 23.3. The highest BCUT2D eigenvalue weighted by molar-refractivity contribution is 5.94. The van der Waals surface area contributed by atoms with Gasteiger partial charge < -0.3 is 19.7 Å². The molecule has 0 aliphatic heterocycles. The van der Waals surface area contributed by atoms with Crippen LogP contribution in [0, 0.1) is 11.8 Å². The van der Waals surface area contributed by atoms with Gasteiger partial charge in [0.2, 0.25) is 5.91 Å². The molecule has 1 heterocycles. The van der Waals surface area contributed by atoms with E-state index >= 15 is 0 Å². The van der Waals surface area contributed by atoms with Gasteiger partial charge in [0.15, 0.2) is 0 Å². The molecule has 0 aliphatic rings. The number of nitrogens with zero attached hydrogens (tertiary/aromatic N) is 2. The Morgan fingerprint density at radius 1 is 0.947 bits per heavy atom. The van der Waals surface area contributed by atoms with E-state index in [1.165, 1.54) is 0 Å². The summed E-state index contributed by atoms with van der Waals surface area (Å²) in [6, 6.07) is 16.8. The second-order valence-electron chi connectivity index (χ2n) is 10.3. The fraction of sp³-hybridized carbons (Fsp3) is 0.433. The van der Waals surface area contributed by atoms with Crippen LogP contribution in [0.4, 0.5) is 0 Å². The largest absolute Gasteiger partial charge is 0.496 e. The van der Waals surface area contributed by atoms with Crippen molar-refractivity contribution in [1.29, 1.82) is 0 Å². The lowest BCUT2D eigenvalue weighted by Gasteiger charge is -2.33. The number of methoxy groups -OCH3 is 2. The number of benzene rings is 2. The van der Waals surface area contributed by atoms with E-state index in [0.29, 0.717) is 53.9 Å². The lowest BCUT2D eigenvalue weighted by Crippen LogP contribution is -2.45. The molecule has 0 radical (unpaired) electrons. The van der Waals surface area contributed by atoms with Gasteiger partial charge in [0, 0.05) is 25.6 Å². The van der Waals surface area contributed by atoms with Crippen LogP contribution >= 0.6 is 0 Å². The molecule has 2 N–H and O–H groups in total. The lowest BCUT2D eigenvalue weighted by molar-refractivity contribution is -0.122. The molecule has 2 aromatic carbocycles. The standard InChI is InChI=1S/C30H40N4O4/c1-20(2)15-23(16-28(35)31-18-22-11-8-7-9-12-22)34(19-21(3)4)30(36)25-17-24(32-33-25)29-26(37-5)13-10-14-27(29)38-6/h7-14,17,20-21,23H,15-16,18-19H2,1-6H3,(H,31,35)(H,32,33)/t23-/m0/s1. The molecule has 3 rings (SSSR count). The maximum atomic E-state index is 13.9. The molecule has 8 nitrogen and oxygen atoms in total. The van der Waals surface area contributed by atoms with Crippen molar-refractivity contribution in [3.05, 3.63) is 65.9 Å². The highest BCUT2D eigenvalue weighted by atomic mass is 16.5. The van der Waals surface area contributed by atoms with E-state index < -0.39 is 0 Å². The number of H-pyrrole nitrogens is 1. The molecule has 2 amide bonds. The van der Waals surface area contributed by atoms with Gasteiger partial charge in [-0.2, -0.15) is 5.10 Å². The van der Waals surface area contributed by atoms with E-state index in [4.69, 9.17) is 9.47 Å². The third kappa shape index (κ3) is 7.60. The van der Waals surface area contributed by atoms with E-state index in [9.17, 15) is 9.59 Å². The molecule has 0 saturated carbocycles. The number of ether oxygens (including phenoxy) is 2. The summed E-state index contributed by atoms with van der Waals surface area (Å²) in [7, 11) is 3.17. The second-order valence-corrected chi connectivity index (χ2v) is 10.3. The van der Waals surface area contributed by atoms with Gasteiger partial charge in [-0.25, -0.2) is 0 Å². The number of nitrogens with one attached hydrogen (secondary N) is 2. The van der Waals surface area contributed by atoms with Crippen molar-refractivity contribution in [2.24, 2.45) is 11.8 Å². The van der Waals surface area contributed by atoms with E-state index in [-0.39, 0.29) is 30.2 Å². The topological polar surface area (TPSA) is 96.5 Å². The highest BCUT2D eigenvalue weighted by Gasteiger charge is 2.30. The summed E-state index contributed by atoms with van der Waals surface area (Å²) in [5.74, 6) is 1.46. The Labute approximate surface area is 225 Å². The van der Waals surface area contributed by atoms with Crippen molar-refractivity contribution in [3.63, 3.8) is 0 Å². The van der Waals surface area contributed by atoms with Gasteiger partial charge in [0.05, 0.1) is 19.8 Å². The Hall–Kier alpha value is -3.81. The van der Waals surface area contributed by atoms with Crippen LogP contribution in [0.5, 0.6) is 11.5 Å². The molecular weight excluding hydrogens is 480 g/mol. The van der Waals surface area contributed by atoms with Crippen LogP contribution < -0.4 is 14.8 Å². The van der Waals surface area contributed by atoms with E-state index in [2.05, 4.69) is 43.2 Å². The van der Waals surface area contributed by atoms with Crippen LogP contribution in [0.2, 0.25) is 0 Å². The summed E-state index contributed by atoms with van der Waals surface area (Å²) >= 11 is 0. The minimum Gasteiger partial charge on any atom is -0.496 e. The number of carbonyl (C=O) groups is 2. The van der Waals surface area contributed by atoms with Crippen molar-refractivity contribution in [3.8, 4) is 22.8 Å². The molecule has 0 spiro atoms. The van der Waals surface area contributed by atoms with Crippen molar-refractivity contribution < 1.29 is 19.1 Å². The Morgan fingerprint density at radius 3 is 2.18 bits per heavy atom. The maximum absolute atomic E-state index is 13.9. The fourth-order valence-electron chi connectivity index (χ4n) is 4.56. The molecule has 0 unspecified atom stereocenters. The van der Waals surface area contributed by atoms with Gasteiger partial charge in [0.1, 0.15) is 22.9 Å². The van der Waals surface area contributed by atoms with Crippen LogP contribution in [0.25, 0.3) is 11.3 Å². The number of hydrogen-bond acceptors (Lipinski definition) is 5. The van der Waals surface area contributed by atoms with Gasteiger partial charge in [-0.3, -0.25) is 14.7 Å². The van der Waals surface area contributed by atoms with Gasteiger partial charge in [-0.05, 0) is 42.0 Å². The molecule has 3 aromatic rings. The summed E-state index contributed by atoms with van der Waals surface area (Å²) in [5.41, 5.74) is 2.61. The third-order valence-corrected chi connectivity index (χ3v) is 6.25. The van der Waals surface area contributed by atoms with Crippen LogP contribution in [0.3, 0.4) is 0 Å². The number of aromatic nitrogens is 2. The summed E-state index contributed by atoms with van der Waals surface area (Å²) in [4.78, 5) is 28.7. The van der Waals surface area contributed by atoms with Gasteiger partial charge in [-0.15, -0.1) is 0 Å². The van der Waals surface area contributed by atoms with Gasteiger partial charge >= 0.3 is 0 Å². The van der Waals surface area contributed by atoms with Crippen molar-refractivity contribution in [2.75, 3.05) is 20.8 Å². The quantitative estimate of drug-likeness (QED) is 0.318. The Bertz CT molecular complexity index is 1170. The SMILES string of the molecule is COc1cccc(OC)c1-c1cc(C(=O)N(CC(C)C)[C@H](CC(=O)NCc2ccccc2)CC(C)C)[nH]n1. The minimum atomic E-state index is -0.256. The Kier molecular flexibility index (Phi) is 10.3. The molecule has 38 heavy (non-hydrogen) atoms. The Balaban J connectivity index is 1.86. The first-order valence-corrected chi connectivity index (χ1v) is 13.1. The maximum Gasteiger partial charge on any atom is 0.272 e. The molecule has 0 aliphatic carbocycles. The lowest BCUT2D eigenvalue weighted by atomic mass is 9.97. The van der Waals surface area contributed by atoms with Crippen LogP contribution in [-0.2, 0) is 11.3 Å².